The van der Waals surface area contributed by atoms with Gasteiger partial charge < -0.3 is 14.5 Å². The van der Waals surface area contributed by atoms with Gasteiger partial charge in [0, 0.05) is 56.9 Å². The van der Waals surface area contributed by atoms with Crippen molar-refractivity contribution in [3.05, 3.63) is 30.0 Å². The molecule has 0 radical (unpaired) electrons. The molecule has 0 N–H and O–H groups in total. The van der Waals surface area contributed by atoms with Gasteiger partial charge in [0.15, 0.2) is 5.78 Å². The quantitative estimate of drug-likeness (QED) is 0.769. The third kappa shape index (κ3) is 2.90. The average Bonchev–Trinajstić information content (AvgIpc) is 3.00. The first kappa shape index (κ1) is 16.7. The molecule has 0 saturated carbocycles. The molecule has 3 fully saturated rings. The third-order valence-electron chi connectivity index (χ3n) is 6.28. The summed E-state index contributed by atoms with van der Waals surface area (Å²) in [4.78, 5) is 28.3. The van der Waals surface area contributed by atoms with E-state index in [2.05, 4.69) is 23.3 Å². The van der Waals surface area contributed by atoms with Gasteiger partial charge in [-0.25, -0.2) is 4.79 Å². The maximum atomic E-state index is 12.8. The van der Waals surface area contributed by atoms with Crippen LogP contribution in [0.4, 0.5) is 4.79 Å². The third-order valence-corrected chi connectivity index (χ3v) is 6.28. The number of amides is 2. The van der Waals surface area contributed by atoms with Gasteiger partial charge >= 0.3 is 6.03 Å². The molecule has 7 nitrogen and oxygen atoms in total. The van der Waals surface area contributed by atoms with Crippen LogP contribution in [-0.4, -0.2) is 70.3 Å². The number of hydrogen-bond donors (Lipinski definition) is 0. The molecule has 1 aromatic heterocycles. The van der Waals surface area contributed by atoms with Crippen molar-refractivity contribution in [2.45, 2.75) is 24.9 Å². The van der Waals surface area contributed by atoms with Crippen LogP contribution < -0.4 is 0 Å². The predicted octanol–water partition coefficient (Wildman–Crippen LogP) is 1.77. The Labute approximate surface area is 157 Å². The molecule has 4 heterocycles. The summed E-state index contributed by atoms with van der Waals surface area (Å²) in [7, 11) is 1.94. The number of aryl methyl sites for hydroxylation is 1. The molecule has 27 heavy (non-hydrogen) atoms. The Kier molecular flexibility index (Phi) is 3.93. The molecule has 0 unspecified atom stereocenters. The largest absolute Gasteiger partial charge is 0.370 e. The molecule has 2 amide bonds. The normalized spacial score (nSPS) is 26.2. The van der Waals surface area contributed by atoms with Gasteiger partial charge in [-0.1, -0.05) is 6.07 Å². The van der Waals surface area contributed by atoms with E-state index in [9.17, 15) is 9.59 Å². The van der Waals surface area contributed by atoms with E-state index < -0.39 is 0 Å². The number of hydrogen-bond acceptors (Lipinski definition) is 4. The highest BCUT2D eigenvalue weighted by Gasteiger charge is 2.40. The molecule has 0 bridgehead atoms. The molecule has 0 spiro atoms. The van der Waals surface area contributed by atoms with Crippen molar-refractivity contribution in [3.8, 4) is 0 Å². The van der Waals surface area contributed by atoms with Crippen LogP contribution in [0.2, 0.25) is 0 Å². The highest BCUT2D eigenvalue weighted by Crippen LogP contribution is 2.32. The number of ether oxygens (including phenoxy) is 1. The fraction of sp³-hybridized carbons (Fsp3) is 0.550. The summed E-state index contributed by atoms with van der Waals surface area (Å²) >= 11 is 0. The van der Waals surface area contributed by atoms with Gasteiger partial charge in [-0.2, -0.15) is 5.10 Å². The lowest BCUT2D eigenvalue weighted by Gasteiger charge is -2.46. The number of benzene rings is 1. The van der Waals surface area contributed by atoms with E-state index in [0.717, 1.165) is 37.0 Å². The number of Topliss-reactive ketones (excluding diaryl/α,β-unsaturated/α-hetero) is 1. The number of aromatic nitrogens is 2. The van der Waals surface area contributed by atoms with E-state index >= 15 is 0 Å². The van der Waals surface area contributed by atoms with E-state index in [1.54, 1.807) is 0 Å². The summed E-state index contributed by atoms with van der Waals surface area (Å²) in [6.45, 7) is 3.11. The molecule has 2 atom stereocenters. The molecule has 3 aliphatic heterocycles. The van der Waals surface area contributed by atoms with E-state index in [1.807, 2.05) is 27.7 Å². The van der Waals surface area contributed by atoms with Crippen molar-refractivity contribution < 1.29 is 14.3 Å². The zero-order chi connectivity index (χ0) is 18.5. The average molecular weight is 368 g/mol. The van der Waals surface area contributed by atoms with Crippen molar-refractivity contribution in [2.75, 3.05) is 32.8 Å². The minimum atomic E-state index is 0.102. The van der Waals surface area contributed by atoms with Gasteiger partial charge in [-0.3, -0.25) is 9.48 Å². The smallest absolute Gasteiger partial charge is 0.320 e. The lowest BCUT2D eigenvalue weighted by Crippen LogP contribution is -2.58. The first-order valence-corrected chi connectivity index (χ1v) is 9.67. The maximum absolute atomic E-state index is 12.8. The number of rotatable bonds is 1. The number of piperidine rings is 1. The van der Waals surface area contributed by atoms with Gasteiger partial charge in [0.1, 0.15) is 6.61 Å². The van der Waals surface area contributed by atoms with E-state index in [0.29, 0.717) is 18.9 Å². The van der Waals surface area contributed by atoms with Crippen molar-refractivity contribution in [3.63, 3.8) is 0 Å². The lowest BCUT2D eigenvalue weighted by atomic mass is 9.87. The second-order valence-electron chi connectivity index (χ2n) is 8.06. The molecule has 1 aromatic carbocycles. The van der Waals surface area contributed by atoms with Crippen LogP contribution in [0.25, 0.3) is 10.9 Å². The van der Waals surface area contributed by atoms with E-state index in [-0.39, 0.29) is 30.4 Å². The SMILES string of the molecule is Cn1ncc2cc(C3CN(C(=O)N4CC[C@@H]5OCC(=O)C[C@@H]5C4)C3)ccc21. The summed E-state index contributed by atoms with van der Waals surface area (Å²) in [5.74, 6) is 0.699. The number of nitrogens with zero attached hydrogens (tertiary/aromatic N) is 4. The van der Waals surface area contributed by atoms with Crippen molar-refractivity contribution >= 4 is 22.7 Å². The molecule has 2 aromatic rings. The fourth-order valence-electron chi connectivity index (χ4n) is 4.63. The second-order valence-corrected chi connectivity index (χ2v) is 8.06. The molecule has 0 aliphatic carbocycles. The Morgan fingerprint density at radius 2 is 2.07 bits per heavy atom. The molecule has 5 rings (SSSR count). The zero-order valence-electron chi connectivity index (χ0n) is 15.5. The van der Waals surface area contributed by atoms with Gasteiger partial charge in [-0.15, -0.1) is 0 Å². The summed E-state index contributed by atoms with van der Waals surface area (Å²) < 4.78 is 7.50. The highest BCUT2D eigenvalue weighted by molar-refractivity contribution is 5.81. The zero-order valence-corrected chi connectivity index (χ0v) is 15.5. The Morgan fingerprint density at radius 3 is 2.93 bits per heavy atom. The molecule has 7 heteroatoms. The Bertz CT molecular complexity index is 902. The number of fused-ring (bicyclic) bond motifs is 2. The van der Waals surface area contributed by atoms with Gasteiger partial charge in [0.05, 0.1) is 17.8 Å². The van der Waals surface area contributed by atoms with E-state index in [1.165, 1.54) is 5.56 Å². The maximum Gasteiger partial charge on any atom is 0.320 e. The summed E-state index contributed by atoms with van der Waals surface area (Å²) in [6, 6.07) is 6.54. The van der Waals surface area contributed by atoms with Crippen LogP contribution in [0.1, 0.15) is 24.3 Å². The van der Waals surface area contributed by atoms with Crippen LogP contribution in [0.5, 0.6) is 0 Å². The van der Waals surface area contributed by atoms with Crippen LogP contribution >= 0.6 is 0 Å². The van der Waals surface area contributed by atoms with Crippen molar-refractivity contribution in [2.24, 2.45) is 13.0 Å². The topological polar surface area (TPSA) is 67.7 Å². The van der Waals surface area contributed by atoms with Crippen molar-refractivity contribution in [1.29, 1.82) is 0 Å². The van der Waals surface area contributed by atoms with E-state index in [4.69, 9.17) is 4.74 Å². The molecular formula is C20H24N4O3. The van der Waals surface area contributed by atoms with Gasteiger partial charge in [-0.05, 0) is 24.1 Å². The number of ketones is 1. The Morgan fingerprint density at radius 1 is 1.22 bits per heavy atom. The standard InChI is InChI=1S/C20H24N4O3/c1-22-18-3-2-13(6-14(18)8-21-22)16-10-24(11-16)20(26)23-5-4-19-15(9-23)7-17(25)12-27-19/h2-3,6,8,15-16,19H,4-5,7,9-12H2,1H3/t15-,19+/m1/s1. The van der Waals surface area contributed by atoms with Crippen molar-refractivity contribution in [1.82, 2.24) is 19.6 Å². The van der Waals surface area contributed by atoms with Gasteiger partial charge in [0.25, 0.3) is 0 Å². The molecule has 3 saturated heterocycles. The van der Waals surface area contributed by atoms with Gasteiger partial charge in [0.2, 0.25) is 0 Å². The minimum Gasteiger partial charge on any atom is -0.370 e. The Balaban J connectivity index is 1.21. The summed E-state index contributed by atoms with van der Waals surface area (Å²) in [6.07, 6.45) is 3.40. The molecule has 3 aliphatic rings. The first-order chi connectivity index (χ1) is 13.1. The fourth-order valence-corrected chi connectivity index (χ4v) is 4.63. The number of urea groups is 1. The first-order valence-electron chi connectivity index (χ1n) is 9.67. The van der Waals surface area contributed by atoms with Crippen LogP contribution in [0.15, 0.2) is 24.4 Å². The predicted molar refractivity (Wildman–Crippen MR) is 99.5 cm³/mol. The van der Waals surface area contributed by atoms with Crippen LogP contribution in [0.3, 0.4) is 0 Å². The number of carbonyl (C=O) groups is 2. The monoisotopic (exact) mass is 368 g/mol. The molecule has 142 valence electrons. The van der Waals surface area contributed by atoms with Crippen LogP contribution in [-0.2, 0) is 16.6 Å². The number of carbonyl (C=O) groups excluding carboxylic acids is 2. The summed E-state index contributed by atoms with van der Waals surface area (Å²) in [5.41, 5.74) is 2.39. The highest BCUT2D eigenvalue weighted by atomic mass is 16.5. The second kappa shape index (κ2) is 6.34. The Hall–Kier alpha value is -2.41. The molecular weight excluding hydrogens is 344 g/mol. The number of likely N-dealkylation sites (tertiary alicyclic amines) is 2. The minimum absolute atomic E-state index is 0.102. The lowest BCUT2D eigenvalue weighted by molar-refractivity contribution is -0.140. The summed E-state index contributed by atoms with van der Waals surface area (Å²) in [5, 5.41) is 5.44. The van der Waals surface area contributed by atoms with Crippen LogP contribution in [0, 0.1) is 5.92 Å².